The van der Waals surface area contributed by atoms with E-state index in [-0.39, 0.29) is 17.5 Å². The van der Waals surface area contributed by atoms with Crippen LogP contribution >= 0.6 is 0 Å². The molecule has 0 fully saturated rings. The van der Waals surface area contributed by atoms with Gasteiger partial charge in [0.1, 0.15) is 11.4 Å². The van der Waals surface area contributed by atoms with Crippen molar-refractivity contribution in [3.8, 4) is 11.8 Å². The number of ether oxygens (including phenoxy) is 1. The minimum absolute atomic E-state index is 0.220. The molecule has 7 nitrogen and oxygen atoms in total. The lowest BCUT2D eigenvalue weighted by Gasteiger charge is -2.12. The van der Waals surface area contributed by atoms with Gasteiger partial charge in [-0.25, -0.2) is 9.97 Å². The number of aromatic nitrogens is 2. The van der Waals surface area contributed by atoms with Gasteiger partial charge in [0.15, 0.2) is 0 Å². The Morgan fingerprint density at radius 2 is 1.96 bits per heavy atom. The van der Waals surface area contributed by atoms with Gasteiger partial charge in [0.05, 0.1) is 23.9 Å². The molecule has 140 valence electrons. The Hall–Kier alpha value is -3.92. The number of carbonyl (C=O) groups is 1. The number of anilines is 3. The molecule has 0 radical (unpaired) electrons. The Bertz CT molecular complexity index is 1040. The molecule has 0 unspecified atom stereocenters. The predicted molar refractivity (Wildman–Crippen MR) is 107 cm³/mol. The van der Waals surface area contributed by atoms with E-state index in [1.165, 1.54) is 0 Å². The van der Waals surface area contributed by atoms with Crippen molar-refractivity contribution >= 4 is 23.2 Å². The highest BCUT2D eigenvalue weighted by Gasteiger charge is 2.13. The molecule has 3 aromatic rings. The maximum atomic E-state index is 12.7. The minimum atomic E-state index is -0.369. The van der Waals surface area contributed by atoms with E-state index in [0.29, 0.717) is 35.0 Å². The number of rotatable bonds is 6. The van der Waals surface area contributed by atoms with Crippen molar-refractivity contribution in [3.63, 3.8) is 0 Å². The number of nitriles is 1. The largest absolute Gasteiger partial charge is 0.492 e. The van der Waals surface area contributed by atoms with Gasteiger partial charge in [0, 0.05) is 11.4 Å². The number of amides is 1. The second-order valence-corrected chi connectivity index (χ2v) is 5.92. The van der Waals surface area contributed by atoms with Crippen LogP contribution in [0.5, 0.6) is 5.75 Å². The van der Waals surface area contributed by atoms with Crippen LogP contribution in [0.25, 0.3) is 0 Å². The fourth-order valence-electron chi connectivity index (χ4n) is 2.57. The van der Waals surface area contributed by atoms with E-state index in [0.717, 1.165) is 0 Å². The summed E-state index contributed by atoms with van der Waals surface area (Å²) in [6.07, 6.45) is 0. The molecule has 0 atom stereocenters. The van der Waals surface area contributed by atoms with Crippen molar-refractivity contribution < 1.29 is 9.53 Å². The molecule has 1 aromatic heterocycles. The van der Waals surface area contributed by atoms with Crippen LogP contribution in [0, 0.1) is 18.3 Å². The third kappa shape index (κ3) is 4.62. The Morgan fingerprint density at radius 1 is 1.14 bits per heavy atom. The molecule has 0 aliphatic rings. The fourth-order valence-corrected chi connectivity index (χ4v) is 2.57. The van der Waals surface area contributed by atoms with Crippen molar-refractivity contribution in [1.82, 2.24) is 9.97 Å². The molecule has 28 heavy (non-hydrogen) atoms. The van der Waals surface area contributed by atoms with Crippen molar-refractivity contribution in [2.75, 3.05) is 17.2 Å². The van der Waals surface area contributed by atoms with E-state index in [1.807, 2.05) is 19.1 Å². The second kappa shape index (κ2) is 8.64. The molecule has 0 aliphatic heterocycles. The molecule has 0 aliphatic carbocycles. The van der Waals surface area contributed by atoms with Crippen LogP contribution in [0.2, 0.25) is 0 Å². The molecule has 7 heteroatoms. The molecule has 1 amide bonds. The molecule has 3 rings (SSSR count). The lowest BCUT2D eigenvalue weighted by atomic mass is 10.2. The summed E-state index contributed by atoms with van der Waals surface area (Å²) in [7, 11) is 0. The summed E-state index contributed by atoms with van der Waals surface area (Å²) >= 11 is 0. The molecule has 0 bridgehead atoms. The Morgan fingerprint density at radius 3 is 2.75 bits per heavy atom. The van der Waals surface area contributed by atoms with Crippen molar-refractivity contribution in [3.05, 3.63) is 71.5 Å². The zero-order chi connectivity index (χ0) is 19.9. The zero-order valence-electron chi connectivity index (χ0n) is 15.6. The number of hydrogen-bond donors (Lipinski definition) is 2. The first-order valence-electron chi connectivity index (χ1n) is 8.75. The number of nitrogens with zero attached hydrogens (tertiary/aromatic N) is 3. The second-order valence-electron chi connectivity index (χ2n) is 5.92. The van der Waals surface area contributed by atoms with Crippen LogP contribution in [-0.2, 0) is 0 Å². The third-order valence-electron chi connectivity index (χ3n) is 3.77. The Balaban J connectivity index is 1.83. The topological polar surface area (TPSA) is 99.9 Å². The Kier molecular flexibility index (Phi) is 5.82. The number of nitrogens with one attached hydrogen (secondary N) is 2. The van der Waals surface area contributed by atoms with E-state index in [1.54, 1.807) is 49.4 Å². The molecule has 0 saturated carbocycles. The van der Waals surface area contributed by atoms with Crippen LogP contribution in [-0.4, -0.2) is 22.5 Å². The van der Waals surface area contributed by atoms with E-state index < -0.39 is 0 Å². The molecule has 2 aromatic carbocycles. The first-order chi connectivity index (χ1) is 13.6. The van der Waals surface area contributed by atoms with Crippen LogP contribution in [0.4, 0.5) is 17.3 Å². The van der Waals surface area contributed by atoms with Gasteiger partial charge in [0.25, 0.3) is 5.91 Å². The number of hydrogen-bond acceptors (Lipinski definition) is 6. The molecular weight excluding hydrogens is 354 g/mol. The summed E-state index contributed by atoms with van der Waals surface area (Å²) in [5.74, 6) is 0.501. The van der Waals surface area contributed by atoms with E-state index in [4.69, 9.17) is 10.00 Å². The van der Waals surface area contributed by atoms with Crippen LogP contribution < -0.4 is 15.4 Å². The highest BCUT2D eigenvalue weighted by Crippen LogP contribution is 2.24. The first-order valence-corrected chi connectivity index (χ1v) is 8.75. The predicted octanol–water partition coefficient (Wildman–Crippen LogP) is 4.05. The van der Waals surface area contributed by atoms with E-state index in [9.17, 15) is 4.79 Å². The van der Waals surface area contributed by atoms with Crippen LogP contribution in [0.3, 0.4) is 0 Å². The molecule has 2 N–H and O–H groups in total. The molecule has 0 spiro atoms. The van der Waals surface area contributed by atoms with E-state index in [2.05, 4.69) is 26.7 Å². The molecular formula is C21H19N5O2. The van der Waals surface area contributed by atoms with Gasteiger partial charge < -0.3 is 15.4 Å². The summed E-state index contributed by atoms with van der Waals surface area (Å²) < 4.78 is 5.54. The average molecular weight is 373 g/mol. The summed E-state index contributed by atoms with van der Waals surface area (Å²) in [5.41, 5.74) is 2.61. The fraction of sp³-hybridized carbons (Fsp3) is 0.143. The third-order valence-corrected chi connectivity index (χ3v) is 3.77. The van der Waals surface area contributed by atoms with Gasteiger partial charge in [-0.2, -0.15) is 5.26 Å². The molecule has 0 saturated heterocycles. The monoisotopic (exact) mass is 373 g/mol. The van der Waals surface area contributed by atoms with E-state index >= 15 is 0 Å². The van der Waals surface area contributed by atoms with Crippen LogP contribution in [0.15, 0.2) is 54.6 Å². The maximum absolute atomic E-state index is 12.7. The molecule has 1 heterocycles. The number of aryl methyl sites for hydroxylation is 1. The first kappa shape index (κ1) is 18.9. The summed E-state index contributed by atoms with van der Waals surface area (Å²) in [5, 5.41) is 14.9. The zero-order valence-corrected chi connectivity index (χ0v) is 15.6. The standard InChI is InChI=1S/C21H19N5O2/c1-3-28-19-10-5-4-9-17(19)25-20(27)18-11-14(2)23-21(26-18)24-16-8-6-7-15(12-16)13-22/h4-12H,3H2,1-2H3,(H,25,27)(H,23,24,26). The summed E-state index contributed by atoms with van der Waals surface area (Å²) in [6, 6.07) is 17.8. The highest BCUT2D eigenvalue weighted by atomic mass is 16.5. The van der Waals surface area contributed by atoms with Gasteiger partial charge in [-0.05, 0) is 50.2 Å². The lowest BCUT2D eigenvalue weighted by molar-refractivity contribution is 0.102. The number of para-hydroxylation sites is 2. The smallest absolute Gasteiger partial charge is 0.274 e. The lowest BCUT2D eigenvalue weighted by Crippen LogP contribution is -2.16. The van der Waals surface area contributed by atoms with Crippen LogP contribution in [0.1, 0.15) is 28.7 Å². The van der Waals surface area contributed by atoms with Gasteiger partial charge in [0.2, 0.25) is 5.95 Å². The maximum Gasteiger partial charge on any atom is 0.274 e. The van der Waals surface area contributed by atoms with Gasteiger partial charge >= 0.3 is 0 Å². The number of carbonyl (C=O) groups excluding carboxylic acids is 1. The van der Waals surface area contributed by atoms with Gasteiger partial charge in [-0.1, -0.05) is 18.2 Å². The van der Waals surface area contributed by atoms with Crippen molar-refractivity contribution in [2.24, 2.45) is 0 Å². The summed E-state index contributed by atoms with van der Waals surface area (Å²) in [4.78, 5) is 21.3. The number of benzene rings is 2. The van der Waals surface area contributed by atoms with Gasteiger partial charge in [-0.3, -0.25) is 4.79 Å². The Labute approximate surface area is 163 Å². The quantitative estimate of drug-likeness (QED) is 0.676. The van der Waals surface area contributed by atoms with Gasteiger partial charge in [-0.15, -0.1) is 0 Å². The normalized spacial score (nSPS) is 10.0. The minimum Gasteiger partial charge on any atom is -0.492 e. The average Bonchev–Trinajstić information content (AvgIpc) is 2.69. The highest BCUT2D eigenvalue weighted by molar-refractivity contribution is 6.03. The SMILES string of the molecule is CCOc1ccccc1NC(=O)c1cc(C)nc(Nc2cccc(C#N)c2)n1. The van der Waals surface area contributed by atoms with Crippen molar-refractivity contribution in [1.29, 1.82) is 5.26 Å². The summed E-state index contributed by atoms with van der Waals surface area (Å²) in [6.45, 7) is 4.16. The van der Waals surface area contributed by atoms with Crippen molar-refractivity contribution in [2.45, 2.75) is 13.8 Å².